The van der Waals surface area contributed by atoms with Crippen LogP contribution in [0.25, 0.3) is 11.2 Å². The molecule has 1 amide bonds. The van der Waals surface area contributed by atoms with Gasteiger partial charge in [0.05, 0.1) is 22.1 Å². The molecule has 1 saturated heterocycles. The number of amides is 1. The summed E-state index contributed by atoms with van der Waals surface area (Å²) < 4.78 is 9.62. The van der Waals surface area contributed by atoms with Gasteiger partial charge in [0.1, 0.15) is 5.75 Å². The molecule has 2 fully saturated rings. The van der Waals surface area contributed by atoms with Gasteiger partial charge in [-0.15, -0.1) is 0 Å². The molecular weight excluding hydrogens is 561 g/mol. The Hall–Kier alpha value is -3.33. The van der Waals surface area contributed by atoms with Crippen molar-refractivity contribution >= 4 is 40.3 Å². The molecule has 2 N–H and O–H groups in total. The maximum atomic E-state index is 13.8. The number of fused-ring (bicyclic) bond motifs is 1. The van der Waals surface area contributed by atoms with Crippen LogP contribution >= 0.6 is 23.2 Å². The number of halogens is 2. The fourth-order valence-corrected chi connectivity index (χ4v) is 6.25. The number of hydrogen-bond donors (Lipinski definition) is 1. The fraction of sp³-hybridized carbons (Fsp3) is 0.387. The standard InChI is InChI=1S/C31H33Cl2N5O3/c32-25-13-4-20(18-26(25)33)19-37-29-27(38(31(37)40)23-9-7-22(34)8-10-23)14-15-28(35-29)41-24-11-5-21(6-12-24)30(39)36-16-2-1-3-17-36/h4-6,11-15,18,22-23H,1-3,7-10,16-17,19,34H2. The largest absolute Gasteiger partial charge is 0.439 e. The quantitative estimate of drug-likeness (QED) is 0.278. The Morgan fingerprint density at radius 1 is 0.927 bits per heavy atom. The van der Waals surface area contributed by atoms with Gasteiger partial charge >= 0.3 is 5.69 Å². The maximum absolute atomic E-state index is 13.8. The van der Waals surface area contributed by atoms with Crippen LogP contribution in [0.3, 0.4) is 0 Å². The average Bonchev–Trinajstić information content (AvgIpc) is 3.26. The first-order valence-electron chi connectivity index (χ1n) is 14.3. The normalized spacial score (nSPS) is 19.4. The van der Waals surface area contributed by atoms with E-state index in [1.54, 1.807) is 47.0 Å². The Labute approximate surface area is 248 Å². The number of piperidine rings is 1. The van der Waals surface area contributed by atoms with Crippen molar-refractivity contribution < 1.29 is 9.53 Å². The van der Waals surface area contributed by atoms with E-state index in [0.717, 1.165) is 62.7 Å². The summed E-state index contributed by atoms with van der Waals surface area (Å²) in [7, 11) is 0. The highest BCUT2D eigenvalue weighted by atomic mass is 35.5. The van der Waals surface area contributed by atoms with Crippen LogP contribution in [-0.4, -0.2) is 44.1 Å². The van der Waals surface area contributed by atoms with E-state index in [0.29, 0.717) is 32.9 Å². The molecule has 214 valence electrons. The molecule has 2 aromatic carbocycles. The van der Waals surface area contributed by atoms with Crippen LogP contribution in [0.5, 0.6) is 11.6 Å². The molecule has 0 radical (unpaired) electrons. The van der Waals surface area contributed by atoms with Gasteiger partial charge < -0.3 is 15.4 Å². The van der Waals surface area contributed by atoms with Crippen LogP contribution in [0.4, 0.5) is 0 Å². The van der Waals surface area contributed by atoms with Crippen molar-refractivity contribution in [2.24, 2.45) is 5.73 Å². The van der Waals surface area contributed by atoms with E-state index < -0.39 is 0 Å². The summed E-state index contributed by atoms with van der Waals surface area (Å²) in [4.78, 5) is 33.4. The second-order valence-corrected chi connectivity index (χ2v) is 11.8. The zero-order chi connectivity index (χ0) is 28.5. The summed E-state index contributed by atoms with van der Waals surface area (Å²) in [6.07, 6.45) is 6.71. The molecule has 0 atom stereocenters. The minimum absolute atomic E-state index is 0.0483. The molecule has 6 rings (SSSR count). The highest BCUT2D eigenvalue weighted by Crippen LogP contribution is 2.31. The minimum atomic E-state index is -0.128. The highest BCUT2D eigenvalue weighted by molar-refractivity contribution is 6.42. The lowest BCUT2D eigenvalue weighted by Gasteiger charge is -2.27. The molecule has 41 heavy (non-hydrogen) atoms. The van der Waals surface area contributed by atoms with Crippen molar-refractivity contribution in [2.45, 2.75) is 63.6 Å². The van der Waals surface area contributed by atoms with Crippen molar-refractivity contribution in [3.05, 3.63) is 86.3 Å². The van der Waals surface area contributed by atoms with E-state index in [1.807, 2.05) is 21.6 Å². The molecule has 2 aliphatic rings. The Morgan fingerprint density at radius 2 is 1.66 bits per heavy atom. The van der Waals surface area contributed by atoms with Crippen LogP contribution < -0.4 is 16.2 Å². The van der Waals surface area contributed by atoms with Gasteiger partial charge in [-0.3, -0.25) is 13.9 Å². The number of pyridine rings is 1. The zero-order valence-electron chi connectivity index (χ0n) is 22.8. The van der Waals surface area contributed by atoms with Crippen molar-refractivity contribution in [3.63, 3.8) is 0 Å². The summed E-state index contributed by atoms with van der Waals surface area (Å²) in [6.45, 7) is 1.89. The molecular formula is C31H33Cl2N5O3. The van der Waals surface area contributed by atoms with Gasteiger partial charge in [-0.1, -0.05) is 29.3 Å². The number of nitrogens with two attached hydrogens (primary N) is 1. The highest BCUT2D eigenvalue weighted by Gasteiger charge is 2.26. The lowest BCUT2D eigenvalue weighted by atomic mass is 9.91. The fourth-order valence-electron chi connectivity index (χ4n) is 5.93. The summed E-state index contributed by atoms with van der Waals surface area (Å²) in [6, 6.07) is 16.4. The molecule has 0 bridgehead atoms. The minimum Gasteiger partial charge on any atom is -0.439 e. The first-order chi connectivity index (χ1) is 19.9. The number of benzene rings is 2. The smallest absolute Gasteiger partial charge is 0.330 e. The number of carbonyl (C=O) groups is 1. The maximum Gasteiger partial charge on any atom is 0.330 e. The van der Waals surface area contributed by atoms with E-state index in [2.05, 4.69) is 0 Å². The van der Waals surface area contributed by atoms with Crippen LogP contribution in [0.15, 0.2) is 59.4 Å². The van der Waals surface area contributed by atoms with Gasteiger partial charge in [0.25, 0.3) is 5.91 Å². The number of carbonyl (C=O) groups excluding carboxylic acids is 1. The molecule has 0 unspecified atom stereocenters. The van der Waals surface area contributed by atoms with Crippen LogP contribution in [0, 0.1) is 0 Å². The number of aromatic nitrogens is 3. The first-order valence-corrected chi connectivity index (χ1v) is 15.0. The molecule has 1 aliphatic carbocycles. The molecule has 4 aromatic rings. The van der Waals surface area contributed by atoms with Gasteiger partial charge in [-0.2, -0.15) is 4.98 Å². The number of rotatable bonds is 6. The van der Waals surface area contributed by atoms with Crippen LogP contribution in [0.1, 0.15) is 66.9 Å². The third-order valence-electron chi connectivity index (χ3n) is 8.18. The van der Waals surface area contributed by atoms with Crippen molar-refractivity contribution in [1.29, 1.82) is 0 Å². The van der Waals surface area contributed by atoms with Gasteiger partial charge in [0.2, 0.25) is 5.88 Å². The SMILES string of the molecule is NC1CCC(n2c(=O)n(Cc3ccc(Cl)c(Cl)c3)c3nc(Oc4ccc(C(=O)N5CCCCC5)cc4)ccc32)CC1. The predicted octanol–water partition coefficient (Wildman–Crippen LogP) is 6.41. The summed E-state index contributed by atoms with van der Waals surface area (Å²) in [5, 5.41) is 0.891. The van der Waals surface area contributed by atoms with E-state index in [4.69, 9.17) is 38.7 Å². The van der Waals surface area contributed by atoms with Gasteiger partial charge in [0, 0.05) is 36.8 Å². The predicted molar refractivity (Wildman–Crippen MR) is 161 cm³/mol. The van der Waals surface area contributed by atoms with Gasteiger partial charge in [0.15, 0.2) is 5.65 Å². The summed E-state index contributed by atoms with van der Waals surface area (Å²) in [5.74, 6) is 0.969. The molecule has 1 aliphatic heterocycles. The van der Waals surface area contributed by atoms with E-state index >= 15 is 0 Å². The Balaban J connectivity index is 1.31. The number of nitrogens with zero attached hydrogens (tertiary/aromatic N) is 4. The van der Waals surface area contributed by atoms with Crippen LogP contribution in [-0.2, 0) is 6.54 Å². The lowest BCUT2D eigenvalue weighted by molar-refractivity contribution is 0.0724. The number of imidazole rings is 1. The average molecular weight is 595 g/mol. The van der Waals surface area contributed by atoms with E-state index in [9.17, 15) is 9.59 Å². The number of hydrogen-bond acceptors (Lipinski definition) is 5. The monoisotopic (exact) mass is 593 g/mol. The van der Waals surface area contributed by atoms with Crippen molar-refractivity contribution in [2.75, 3.05) is 13.1 Å². The zero-order valence-corrected chi connectivity index (χ0v) is 24.3. The third-order valence-corrected chi connectivity index (χ3v) is 8.92. The second-order valence-electron chi connectivity index (χ2n) is 11.0. The lowest BCUT2D eigenvalue weighted by Crippen LogP contribution is -2.35. The van der Waals surface area contributed by atoms with Crippen LogP contribution in [0.2, 0.25) is 10.0 Å². The van der Waals surface area contributed by atoms with Gasteiger partial charge in [-0.25, -0.2) is 4.79 Å². The molecule has 1 saturated carbocycles. The molecule has 10 heteroatoms. The molecule has 2 aromatic heterocycles. The third kappa shape index (κ3) is 5.87. The molecule has 3 heterocycles. The van der Waals surface area contributed by atoms with Gasteiger partial charge in [-0.05, 0) is 93.0 Å². The topological polar surface area (TPSA) is 95.4 Å². The van der Waals surface area contributed by atoms with E-state index in [1.165, 1.54) is 6.42 Å². The number of likely N-dealkylation sites (tertiary alicyclic amines) is 1. The Bertz CT molecular complexity index is 1620. The molecule has 8 nitrogen and oxygen atoms in total. The van der Waals surface area contributed by atoms with Crippen molar-refractivity contribution in [3.8, 4) is 11.6 Å². The summed E-state index contributed by atoms with van der Waals surface area (Å²) in [5.41, 5.74) is 8.79. The number of ether oxygens (including phenoxy) is 1. The first kappa shape index (κ1) is 27.8. The second kappa shape index (κ2) is 11.9. The summed E-state index contributed by atoms with van der Waals surface area (Å²) >= 11 is 12.4. The Kier molecular flexibility index (Phi) is 8.06. The van der Waals surface area contributed by atoms with E-state index in [-0.39, 0.29) is 30.2 Å². The molecule has 0 spiro atoms. The van der Waals surface area contributed by atoms with Crippen molar-refractivity contribution in [1.82, 2.24) is 19.0 Å². The Morgan fingerprint density at radius 3 is 2.37 bits per heavy atom.